The zero-order valence-electron chi connectivity index (χ0n) is 9.85. The quantitative estimate of drug-likeness (QED) is 0.852. The van der Waals surface area contributed by atoms with E-state index in [1.54, 1.807) is 12.4 Å². The number of rotatable bonds is 2. The first-order chi connectivity index (χ1) is 8.31. The molecule has 1 aliphatic rings. The highest BCUT2D eigenvalue weighted by Gasteiger charge is 2.21. The number of anilines is 1. The Balaban J connectivity index is 1.74. The van der Waals surface area contributed by atoms with Crippen LogP contribution in [0.5, 0.6) is 0 Å². The highest BCUT2D eigenvalue weighted by atomic mass is 15.1. The van der Waals surface area contributed by atoms with Crippen LogP contribution in [0.2, 0.25) is 0 Å². The summed E-state index contributed by atoms with van der Waals surface area (Å²) in [6, 6.07) is 8.95. The molecule has 3 nitrogen and oxygen atoms in total. The summed E-state index contributed by atoms with van der Waals surface area (Å²) in [6.07, 6.45) is 5.66. The molecule has 0 bridgehead atoms. The van der Waals surface area contributed by atoms with Gasteiger partial charge in [0.2, 0.25) is 5.95 Å². The van der Waals surface area contributed by atoms with Crippen LogP contribution in [0.3, 0.4) is 0 Å². The molecule has 1 aromatic carbocycles. The Morgan fingerprint density at radius 1 is 1.12 bits per heavy atom. The summed E-state index contributed by atoms with van der Waals surface area (Å²) in [6.45, 7) is 2.14. The van der Waals surface area contributed by atoms with Gasteiger partial charge in [0.25, 0.3) is 0 Å². The smallest absolute Gasteiger partial charge is 0.222 e. The maximum atomic E-state index is 4.20. The molecule has 1 aliphatic carbocycles. The number of aromatic nitrogens is 2. The van der Waals surface area contributed by atoms with E-state index in [2.05, 4.69) is 40.4 Å². The Morgan fingerprint density at radius 3 is 2.71 bits per heavy atom. The molecule has 0 aliphatic heterocycles. The molecule has 86 valence electrons. The molecular weight excluding hydrogens is 210 g/mol. The Morgan fingerprint density at radius 2 is 1.88 bits per heavy atom. The lowest BCUT2D eigenvalue weighted by Gasteiger charge is -2.10. The van der Waals surface area contributed by atoms with E-state index in [1.807, 2.05) is 6.07 Å². The van der Waals surface area contributed by atoms with E-state index in [9.17, 15) is 0 Å². The van der Waals surface area contributed by atoms with Crippen molar-refractivity contribution in [1.82, 2.24) is 9.97 Å². The van der Waals surface area contributed by atoms with Crippen molar-refractivity contribution < 1.29 is 0 Å². The van der Waals surface area contributed by atoms with Gasteiger partial charge in [-0.1, -0.05) is 23.8 Å². The van der Waals surface area contributed by atoms with Crippen molar-refractivity contribution in [2.75, 3.05) is 5.32 Å². The van der Waals surface area contributed by atoms with Gasteiger partial charge in [0.15, 0.2) is 0 Å². The lowest BCUT2D eigenvalue weighted by molar-refractivity contribution is 0.761. The van der Waals surface area contributed by atoms with E-state index in [1.165, 1.54) is 16.7 Å². The minimum absolute atomic E-state index is 0.425. The molecule has 1 heterocycles. The van der Waals surface area contributed by atoms with Gasteiger partial charge >= 0.3 is 0 Å². The standard InChI is InChI=1S/C14H15N3/c1-10-3-4-11-8-13(9-12(11)7-10)17-14-15-5-2-6-16-14/h2-7,13H,8-9H2,1H3,(H,15,16,17). The molecule has 3 heteroatoms. The topological polar surface area (TPSA) is 37.8 Å². The van der Waals surface area contributed by atoms with E-state index in [-0.39, 0.29) is 0 Å². The van der Waals surface area contributed by atoms with Crippen molar-refractivity contribution in [2.24, 2.45) is 0 Å². The largest absolute Gasteiger partial charge is 0.351 e. The summed E-state index contributed by atoms with van der Waals surface area (Å²) >= 11 is 0. The van der Waals surface area contributed by atoms with Gasteiger partial charge in [-0.15, -0.1) is 0 Å². The van der Waals surface area contributed by atoms with Gasteiger partial charge in [-0.2, -0.15) is 0 Å². The van der Waals surface area contributed by atoms with E-state index in [0.29, 0.717) is 6.04 Å². The normalized spacial score (nSPS) is 17.8. The Hall–Kier alpha value is -1.90. The Bertz CT molecular complexity index is 522. The van der Waals surface area contributed by atoms with Crippen LogP contribution in [0.15, 0.2) is 36.7 Å². The third-order valence-electron chi connectivity index (χ3n) is 3.19. The molecule has 3 rings (SSSR count). The number of benzene rings is 1. The lowest BCUT2D eigenvalue weighted by Crippen LogP contribution is -2.20. The number of hydrogen-bond donors (Lipinski definition) is 1. The average Bonchev–Trinajstić information content (AvgIpc) is 2.71. The number of fused-ring (bicyclic) bond motifs is 1. The molecule has 2 aromatic rings. The van der Waals surface area contributed by atoms with Crippen molar-refractivity contribution in [3.63, 3.8) is 0 Å². The van der Waals surface area contributed by atoms with Gasteiger partial charge in [0.05, 0.1) is 0 Å². The summed E-state index contributed by atoms with van der Waals surface area (Å²) in [4.78, 5) is 8.40. The fourth-order valence-electron chi connectivity index (χ4n) is 2.41. The fourth-order valence-corrected chi connectivity index (χ4v) is 2.41. The number of nitrogens with zero attached hydrogens (tertiary/aromatic N) is 2. The maximum Gasteiger partial charge on any atom is 0.222 e. The van der Waals surface area contributed by atoms with E-state index in [4.69, 9.17) is 0 Å². The highest BCUT2D eigenvalue weighted by Crippen LogP contribution is 2.24. The molecule has 1 atom stereocenters. The zero-order chi connectivity index (χ0) is 11.7. The van der Waals surface area contributed by atoms with Crippen molar-refractivity contribution in [2.45, 2.75) is 25.8 Å². The second-order valence-corrected chi connectivity index (χ2v) is 4.59. The molecule has 0 radical (unpaired) electrons. The summed E-state index contributed by atoms with van der Waals surface area (Å²) in [5.41, 5.74) is 4.24. The van der Waals surface area contributed by atoms with Gasteiger partial charge in [-0.3, -0.25) is 0 Å². The van der Waals surface area contributed by atoms with Crippen LogP contribution in [0, 0.1) is 6.92 Å². The van der Waals surface area contributed by atoms with Gasteiger partial charge in [-0.05, 0) is 37.0 Å². The monoisotopic (exact) mass is 225 g/mol. The number of aryl methyl sites for hydroxylation is 1. The molecule has 17 heavy (non-hydrogen) atoms. The van der Waals surface area contributed by atoms with Crippen LogP contribution in [0.25, 0.3) is 0 Å². The molecule has 1 aromatic heterocycles. The van der Waals surface area contributed by atoms with E-state index in [0.717, 1.165) is 18.8 Å². The van der Waals surface area contributed by atoms with Crippen molar-refractivity contribution in [1.29, 1.82) is 0 Å². The minimum atomic E-state index is 0.425. The molecule has 0 amide bonds. The minimum Gasteiger partial charge on any atom is -0.351 e. The first-order valence-corrected chi connectivity index (χ1v) is 5.93. The van der Waals surface area contributed by atoms with Crippen LogP contribution in [0.4, 0.5) is 5.95 Å². The first kappa shape index (κ1) is 10.3. The SMILES string of the molecule is Cc1ccc2c(c1)CC(Nc1ncccn1)C2. The summed E-state index contributed by atoms with van der Waals surface area (Å²) in [5.74, 6) is 0.724. The van der Waals surface area contributed by atoms with Gasteiger partial charge < -0.3 is 5.32 Å². The molecule has 0 saturated heterocycles. The molecular formula is C14H15N3. The molecule has 0 fully saturated rings. The second-order valence-electron chi connectivity index (χ2n) is 4.59. The fraction of sp³-hybridized carbons (Fsp3) is 0.286. The van der Waals surface area contributed by atoms with Crippen LogP contribution < -0.4 is 5.32 Å². The summed E-state index contributed by atoms with van der Waals surface area (Å²) in [5, 5.41) is 3.39. The lowest BCUT2D eigenvalue weighted by atomic mass is 10.1. The van der Waals surface area contributed by atoms with Crippen LogP contribution in [-0.2, 0) is 12.8 Å². The number of nitrogens with one attached hydrogen (secondary N) is 1. The van der Waals surface area contributed by atoms with Crippen LogP contribution in [-0.4, -0.2) is 16.0 Å². The van der Waals surface area contributed by atoms with Gasteiger partial charge in [0, 0.05) is 18.4 Å². The van der Waals surface area contributed by atoms with Gasteiger partial charge in [0.1, 0.15) is 0 Å². The third-order valence-corrected chi connectivity index (χ3v) is 3.19. The van der Waals surface area contributed by atoms with Gasteiger partial charge in [-0.25, -0.2) is 9.97 Å². The Labute approximate surface area is 101 Å². The van der Waals surface area contributed by atoms with Crippen molar-refractivity contribution in [3.05, 3.63) is 53.3 Å². The first-order valence-electron chi connectivity index (χ1n) is 5.93. The molecule has 0 saturated carbocycles. The predicted octanol–water partition coefficient (Wildman–Crippen LogP) is 2.36. The van der Waals surface area contributed by atoms with Crippen molar-refractivity contribution >= 4 is 5.95 Å². The second kappa shape index (κ2) is 4.17. The maximum absolute atomic E-state index is 4.20. The summed E-state index contributed by atoms with van der Waals surface area (Å²) in [7, 11) is 0. The van der Waals surface area contributed by atoms with Crippen LogP contribution >= 0.6 is 0 Å². The third kappa shape index (κ3) is 2.13. The average molecular weight is 225 g/mol. The highest BCUT2D eigenvalue weighted by molar-refractivity contribution is 5.40. The molecule has 1 unspecified atom stereocenters. The number of hydrogen-bond acceptors (Lipinski definition) is 3. The molecule has 1 N–H and O–H groups in total. The molecule has 0 spiro atoms. The summed E-state index contributed by atoms with van der Waals surface area (Å²) < 4.78 is 0. The van der Waals surface area contributed by atoms with Crippen molar-refractivity contribution in [3.8, 4) is 0 Å². The zero-order valence-corrected chi connectivity index (χ0v) is 9.85. The van der Waals surface area contributed by atoms with E-state index < -0.39 is 0 Å². The Kier molecular flexibility index (Phi) is 2.52. The van der Waals surface area contributed by atoms with Crippen LogP contribution in [0.1, 0.15) is 16.7 Å². The van der Waals surface area contributed by atoms with E-state index >= 15 is 0 Å². The predicted molar refractivity (Wildman–Crippen MR) is 68.0 cm³/mol.